The number of aromatic nitrogens is 2. The highest BCUT2D eigenvalue weighted by molar-refractivity contribution is 7.99. The van der Waals surface area contributed by atoms with Crippen LogP contribution in [0, 0.1) is 0 Å². The van der Waals surface area contributed by atoms with E-state index in [0.29, 0.717) is 18.7 Å². The maximum Gasteiger partial charge on any atom is 0.263 e. The highest BCUT2D eigenvalue weighted by atomic mass is 32.2. The van der Waals surface area contributed by atoms with E-state index in [0.717, 1.165) is 53.9 Å². The van der Waals surface area contributed by atoms with Crippen molar-refractivity contribution in [1.29, 1.82) is 0 Å². The third-order valence-electron chi connectivity index (χ3n) is 5.12. The molecule has 0 spiro atoms. The van der Waals surface area contributed by atoms with Crippen molar-refractivity contribution in [2.45, 2.75) is 70.0 Å². The molecule has 2 aromatic rings. The molecule has 3 rings (SSSR count). The van der Waals surface area contributed by atoms with E-state index < -0.39 is 10.0 Å². The molecule has 2 heterocycles. The van der Waals surface area contributed by atoms with Crippen LogP contribution < -0.4 is 10.3 Å². The summed E-state index contributed by atoms with van der Waals surface area (Å²) in [6, 6.07) is 0. The summed E-state index contributed by atoms with van der Waals surface area (Å²) < 4.78 is 27.4. The zero-order valence-electron chi connectivity index (χ0n) is 16.6. The topological polar surface area (TPSA) is 81.1 Å². The molecule has 0 aromatic carbocycles. The summed E-state index contributed by atoms with van der Waals surface area (Å²) in [5.41, 5.74) is 1.32. The minimum atomic E-state index is -3.20. The molecule has 0 atom stereocenters. The lowest BCUT2D eigenvalue weighted by atomic mass is 9.97. The van der Waals surface area contributed by atoms with Crippen LogP contribution in [0.4, 0.5) is 0 Å². The summed E-state index contributed by atoms with van der Waals surface area (Å²) in [6.07, 6.45) is 8.02. The van der Waals surface area contributed by atoms with Crippen LogP contribution in [0.5, 0.6) is 0 Å². The minimum Gasteiger partial charge on any atom is -0.287 e. The number of rotatable bonds is 10. The van der Waals surface area contributed by atoms with Gasteiger partial charge in [0.15, 0.2) is 5.16 Å². The number of nitrogens with zero attached hydrogens (tertiary/aromatic N) is 2. The Balaban J connectivity index is 1.88. The summed E-state index contributed by atoms with van der Waals surface area (Å²) in [4.78, 5) is 20.4. The third kappa shape index (κ3) is 4.98. The summed E-state index contributed by atoms with van der Waals surface area (Å²) >= 11 is 3.17. The Morgan fingerprint density at radius 2 is 2.00 bits per heavy atom. The van der Waals surface area contributed by atoms with Crippen LogP contribution >= 0.6 is 23.1 Å². The van der Waals surface area contributed by atoms with Crippen LogP contribution in [-0.4, -0.2) is 36.5 Å². The van der Waals surface area contributed by atoms with E-state index in [1.165, 1.54) is 35.7 Å². The fraction of sp³-hybridized carbons (Fsp3) is 0.684. The largest absolute Gasteiger partial charge is 0.287 e. The maximum absolute atomic E-state index is 13.3. The Labute approximate surface area is 175 Å². The molecule has 0 radical (unpaired) electrons. The van der Waals surface area contributed by atoms with E-state index in [-0.39, 0.29) is 11.3 Å². The number of sulfonamides is 1. The van der Waals surface area contributed by atoms with Crippen molar-refractivity contribution >= 4 is 43.3 Å². The van der Waals surface area contributed by atoms with Gasteiger partial charge in [0.25, 0.3) is 5.56 Å². The smallest absolute Gasteiger partial charge is 0.263 e. The fourth-order valence-electron chi connectivity index (χ4n) is 3.56. The van der Waals surface area contributed by atoms with Crippen molar-refractivity contribution in [3.63, 3.8) is 0 Å². The second kappa shape index (κ2) is 9.73. The zero-order valence-corrected chi connectivity index (χ0v) is 19.1. The van der Waals surface area contributed by atoms with Gasteiger partial charge in [-0.2, -0.15) is 0 Å². The summed E-state index contributed by atoms with van der Waals surface area (Å²) in [7, 11) is -1.76. The molecule has 0 bridgehead atoms. The third-order valence-corrected chi connectivity index (χ3v) is 8.82. The van der Waals surface area contributed by atoms with E-state index in [1.54, 1.807) is 11.3 Å². The first-order valence-electron chi connectivity index (χ1n) is 10.1. The van der Waals surface area contributed by atoms with Gasteiger partial charge in [0.1, 0.15) is 4.83 Å². The Kier molecular flexibility index (Phi) is 7.58. The lowest BCUT2D eigenvalue weighted by Gasteiger charge is -2.13. The number of aryl methyl sites for hydroxylation is 2. The van der Waals surface area contributed by atoms with Crippen LogP contribution in [0.3, 0.4) is 0 Å². The Bertz CT molecular complexity index is 980. The standard InChI is InChI=1S/C19H29N3O3S3/c1-3-4-7-11-22-18(23)16-14-9-5-6-10-15(14)27-17(16)21-19(22)26-12-8-13-28(24,25)20-2/h20H,3-13H2,1-2H3. The first kappa shape index (κ1) is 21.8. The van der Waals surface area contributed by atoms with Crippen molar-refractivity contribution in [3.05, 3.63) is 20.8 Å². The lowest BCUT2D eigenvalue weighted by Crippen LogP contribution is -2.24. The number of nitrogens with one attached hydrogen (secondary N) is 1. The molecule has 0 saturated carbocycles. The van der Waals surface area contributed by atoms with Gasteiger partial charge in [-0.15, -0.1) is 11.3 Å². The molecule has 0 unspecified atom stereocenters. The number of thiophene rings is 1. The van der Waals surface area contributed by atoms with Gasteiger partial charge in [-0.1, -0.05) is 31.5 Å². The van der Waals surface area contributed by atoms with Crippen molar-refractivity contribution in [2.24, 2.45) is 0 Å². The zero-order chi connectivity index (χ0) is 20.1. The van der Waals surface area contributed by atoms with Crippen LogP contribution in [0.25, 0.3) is 10.2 Å². The molecule has 9 heteroatoms. The number of thioether (sulfide) groups is 1. The molecular formula is C19H29N3O3S3. The van der Waals surface area contributed by atoms with Crippen LogP contribution in [0.2, 0.25) is 0 Å². The van der Waals surface area contributed by atoms with Crippen LogP contribution in [0.15, 0.2) is 9.95 Å². The van der Waals surface area contributed by atoms with Crippen LogP contribution in [0.1, 0.15) is 55.9 Å². The van der Waals surface area contributed by atoms with Crippen LogP contribution in [-0.2, 0) is 29.4 Å². The number of hydrogen-bond donors (Lipinski definition) is 1. The average molecular weight is 444 g/mol. The molecule has 0 saturated heterocycles. The van der Waals surface area contributed by atoms with Crippen molar-refractivity contribution in [1.82, 2.24) is 14.3 Å². The van der Waals surface area contributed by atoms with E-state index in [1.807, 2.05) is 4.57 Å². The molecule has 0 aliphatic heterocycles. The summed E-state index contributed by atoms with van der Waals surface area (Å²) in [5, 5.41) is 1.56. The Morgan fingerprint density at radius 1 is 1.21 bits per heavy atom. The molecule has 1 aliphatic carbocycles. The predicted octanol–water partition coefficient (Wildman–Crippen LogP) is 3.56. The minimum absolute atomic E-state index is 0.0887. The molecular weight excluding hydrogens is 414 g/mol. The summed E-state index contributed by atoms with van der Waals surface area (Å²) in [6.45, 7) is 2.83. The fourth-order valence-corrected chi connectivity index (χ4v) is 6.74. The van der Waals surface area contributed by atoms with Crippen molar-refractivity contribution < 1.29 is 8.42 Å². The number of fused-ring (bicyclic) bond motifs is 3. The highest BCUT2D eigenvalue weighted by Crippen LogP contribution is 2.34. The van der Waals surface area contributed by atoms with Gasteiger partial charge in [-0.05, 0) is 51.1 Å². The average Bonchev–Trinajstić information content (AvgIpc) is 3.06. The second-order valence-electron chi connectivity index (χ2n) is 7.17. The van der Waals surface area contributed by atoms with Gasteiger partial charge in [0.2, 0.25) is 10.0 Å². The molecule has 1 aliphatic rings. The van der Waals surface area contributed by atoms with Gasteiger partial charge < -0.3 is 0 Å². The molecule has 0 amide bonds. The quantitative estimate of drug-likeness (QED) is 0.345. The van der Waals surface area contributed by atoms with E-state index in [2.05, 4.69) is 11.6 Å². The highest BCUT2D eigenvalue weighted by Gasteiger charge is 2.22. The van der Waals surface area contributed by atoms with Gasteiger partial charge >= 0.3 is 0 Å². The number of unbranched alkanes of at least 4 members (excludes halogenated alkanes) is 2. The van der Waals surface area contributed by atoms with Crippen molar-refractivity contribution in [2.75, 3.05) is 18.6 Å². The Morgan fingerprint density at radius 3 is 2.75 bits per heavy atom. The normalized spacial score (nSPS) is 14.5. The first-order chi connectivity index (χ1) is 13.5. The monoisotopic (exact) mass is 443 g/mol. The molecule has 1 N–H and O–H groups in total. The molecule has 0 fully saturated rings. The molecule has 28 heavy (non-hydrogen) atoms. The molecule has 2 aromatic heterocycles. The van der Waals surface area contributed by atoms with Gasteiger partial charge in [-0.25, -0.2) is 18.1 Å². The van der Waals surface area contributed by atoms with E-state index in [9.17, 15) is 13.2 Å². The van der Waals surface area contributed by atoms with E-state index in [4.69, 9.17) is 4.98 Å². The maximum atomic E-state index is 13.3. The number of hydrogen-bond acceptors (Lipinski definition) is 6. The lowest BCUT2D eigenvalue weighted by molar-refractivity contribution is 0.541. The summed E-state index contributed by atoms with van der Waals surface area (Å²) in [5.74, 6) is 0.712. The van der Waals surface area contributed by atoms with E-state index >= 15 is 0 Å². The Hall–Kier alpha value is -0.900. The van der Waals surface area contributed by atoms with Gasteiger partial charge in [-0.3, -0.25) is 9.36 Å². The first-order valence-corrected chi connectivity index (χ1v) is 13.5. The predicted molar refractivity (Wildman–Crippen MR) is 118 cm³/mol. The molecule has 156 valence electrons. The second-order valence-corrected chi connectivity index (χ2v) is 11.4. The van der Waals surface area contributed by atoms with Crippen molar-refractivity contribution in [3.8, 4) is 0 Å². The SMILES string of the molecule is CCCCCn1c(SCCCS(=O)(=O)NC)nc2sc3c(c2c1=O)CCCC3. The van der Waals surface area contributed by atoms with Gasteiger partial charge in [0.05, 0.1) is 11.1 Å². The van der Waals surface area contributed by atoms with Gasteiger partial charge in [0, 0.05) is 17.2 Å². The molecule has 6 nitrogen and oxygen atoms in total.